The van der Waals surface area contributed by atoms with Gasteiger partial charge in [0.15, 0.2) is 0 Å². The molecule has 2 N–H and O–H groups in total. The van der Waals surface area contributed by atoms with Crippen LogP contribution in [0.25, 0.3) is 11.4 Å². The van der Waals surface area contributed by atoms with Gasteiger partial charge in [0, 0.05) is 5.56 Å². The van der Waals surface area contributed by atoms with Crippen LogP contribution in [0.1, 0.15) is 23.1 Å². The molecule has 2 aromatic carbocycles. The van der Waals surface area contributed by atoms with E-state index in [0.717, 1.165) is 35.2 Å². The van der Waals surface area contributed by atoms with Gasteiger partial charge in [0.25, 0.3) is 0 Å². The molecule has 0 saturated carbocycles. The molecule has 0 bridgehead atoms. The van der Waals surface area contributed by atoms with Crippen molar-refractivity contribution < 1.29 is 13.2 Å². The van der Waals surface area contributed by atoms with Gasteiger partial charge in [0.1, 0.15) is 0 Å². The maximum atomic E-state index is 12.7. The smallest absolute Gasteiger partial charge is 0.330 e. The van der Waals surface area contributed by atoms with E-state index in [-0.39, 0.29) is 0 Å². The van der Waals surface area contributed by atoms with Crippen LogP contribution in [0.4, 0.5) is 13.2 Å². The number of hydrogen-bond donors (Lipinski definition) is 1. The minimum Gasteiger partial charge on any atom is -0.330 e. The van der Waals surface area contributed by atoms with E-state index in [0.29, 0.717) is 25.3 Å². The van der Waals surface area contributed by atoms with E-state index in [1.807, 2.05) is 24.3 Å². The molecule has 0 aliphatic rings. The Morgan fingerprint density at radius 2 is 1.73 bits per heavy atom. The predicted molar refractivity (Wildman–Crippen MR) is 91.2 cm³/mol. The third-order valence-corrected chi connectivity index (χ3v) is 3.95. The molecule has 0 aliphatic carbocycles. The zero-order chi connectivity index (χ0) is 18.6. The molecule has 26 heavy (non-hydrogen) atoms. The predicted octanol–water partition coefficient (Wildman–Crippen LogP) is 3.30. The summed E-state index contributed by atoms with van der Waals surface area (Å²) < 4.78 is 38.1. The van der Waals surface area contributed by atoms with E-state index >= 15 is 0 Å². The summed E-state index contributed by atoms with van der Waals surface area (Å²) in [7, 11) is 0. The highest BCUT2D eigenvalue weighted by atomic mass is 19.4. The maximum absolute atomic E-state index is 12.7. The quantitative estimate of drug-likeness (QED) is 0.731. The normalized spacial score (nSPS) is 11.7. The fraction of sp³-hybridized carbons (Fsp3) is 0.278. The fourth-order valence-electron chi connectivity index (χ4n) is 2.60. The summed E-state index contributed by atoms with van der Waals surface area (Å²) in [6.07, 6.45) is -3.10. The molecule has 0 unspecified atom stereocenters. The standard InChI is InChI=1S/C18H18F3N5/c19-18(20,21)15-8-6-13(7-9-15)12-14-4-1-2-5-16(14)17-23-25-26(24-17)11-3-10-22/h1-2,4-9H,3,10-12,22H2. The van der Waals surface area contributed by atoms with Crippen molar-refractivity contribution in [1.29, 1.82) is 0 Å². The lowest BCUT2D eigenvalue weighted by atomic mass is 9.98. The van der Waals surface area contributed by atoms with Crippen LogP contribution in [0.15, 0.2) is 48.5 Å². The largest absolute Gasteiger partial charge is 0.416 e. The van der Waals surface area contributed by atoms with Gasteiger partial charge < -0.3 is 5.73 Å². The van der Waals surface area contributed by atoms with Crippen molar-refractivity contribution in [1.82, 2.24) is 20.2 Å². The van der Waals surface area contributed by atoms with Gasteiger partial charge in [-0.25, -0.2) is 0 Å². The third kappa shape index (κ3) is 4.26. The Bertz CT molecular complexity index is 856. The Balaban J connectivity index is 1.82. The first-order chi connectivity index (χ1) is 12.5. The van der Waals surface area contributed by atoms with Crippen LogP contribution in [0.5, 0.6) is 0 Å². The monoisotopic (exact) mass is 361 g/mol. The van der Waals surface area contributed by atoms with Gasteiger partial charge in [0.05, 0.1) is 12.1 Å². The lowest BCUT2D eigenvalue weighted by Gasteiger charge is -2.09. The molecule has 8 heteroatoms. The molecule has 0 fully saturated rings. The second kappa shape index (κ2) is 7.65. The number of aromatic nitrogens is 4. The van der Waals surface area contributed by atoms with Crippen molar-refractivity contribution in [3.8, 4) is 11.4 Å². The Labute approximate surface area is 148 Å². The molecule has 0 atom stereocenters. The van der Waals surface area contributed by atoms with Crippen molar-refractivity contribution in [3.63, 3.8) is 0 Å². The van der Waals surface area contributed by atoms with Gasteiger partial charge in [-0.05, 0) is 47.9 Å². The minimum absolute atomic E-state index is 0.478. The van der Waals surface area contributed by atoms with Crippen LogP contribution in [0, 0.1) is 0 Å². The number of benzene rings is 2. The summed E-state index contributed by atoms with van der Waals surface area (Å²) in [6.45, 7) is 1.13. The zero-order valence-electron chi connectivity index (χ0n) is 13.9. The number of aryl methyl sites for hydroxylation is 1. The number of nitrogens with zero attached hydrogens (tertiary/aromatic N) is 4. The molecule has 0 aliphatic heterocycles. The third-order valence-electron chi connectivity index (χ3n) is 3.95. The Morgan fingerprint density at radius 3 is 2.42 bits per heavy atom. The molecule has 3 rings (SSSR count). The van der Waals surface area contributed by atoms with E-state index in [4.69, 9.17) is 5.73 Å². The van der Waals surface area contributed by atoms with E-state index in [9.17, 15) is 13.2 Å². The highest BCUT2D eigenvalue weighted by molar-refractivity contribution is 5.60. The van der Waals surface area contributed by atoms with Crippen molar-refractivity contribution in [3.05, 3.63) is 65.2 Å². The molecule has 0 radical (unpaired) electrons. The average molecular weight is 361 g/mol. The molecule has 136 valence electrons. The minimum atomic E-state index is -4.33. The first kappa shape index (κ1) is 18.1. The van der Waals surface area contributed by atoms with Crippen LogP contribution >= 0.6 is 0 Å². The van der Waals surface area contributed by atoms with Crippen LogP contribution < -0.4 is 5.73 Å². The fourth-order valence-corrected chi connectivity index (χ4v) is 2.60. The number of tetrazole rings is 1. The summed E-state index contributed by atoms with van der Waals surface area (Å²) in [4.78, 5) is 1.50. The summed E-state index contributed by atoms with van der Waals surface area (Å²) in [5.41, 5.74) is 7.34. The van der Waals surface area contributed by atoms with Gasteiger partial charge in [-0.3, -0.25) is 0 Å². The summed E-state index contributed by atoms with van der Waals surface area (Å²) in [5, 5.41) is 12.4. The van der Waals surface area contributed by atoms with Crippen LogP contribution in [0.2, 0.25) is 0 Å². The SMILES string of the molecule is NCCCn1nnc(-c2ccccc2Cc2ccc(C(F)(F)F)cc2)n1. The van der Waals surface area contributed by atoms with Crippen LogP contribution in [-0.4, -0.2) is 26.8 Å². The number of nitrogens with two attached hydrogens (primary N) is 1. The second-order valence-electron chi connectivity index (χ2n) is 5.88. The van der Waals surface area contributed by atoms with Crippen molar-refractivity contribution in [2.24, 2.45) is 5.73 Å². The van der Waals surface area contributed by atoms with Crippen molar-refractivity contribution in [2.75, 3.05) is 6.54 Å². The summed E-state index contributed by atoms with van der Waals surface area (Å²) >= 11 is 0. The maximum Gasteiger partial charge on any atom is 0.416 e. The van der Waals surface area contributed by atoms with E-state index in [1.165, 1.54) is 16.9 Å². The molecular formula is C18H18F3N5. The highest BCUT2D eigenvalue weighted by Gasteiger charge is 2.29. The van der Waals surface area contributed by atoms with Crippen LogP contribution in [-0.2, 0) is 19.1 Å². The molecule has 5 nitrogen and oxygen atoms in total. The molecule has 1 heterocycles. The van der Waals surface area contributed by atoms with E-state index in [1.54, 1.807) is 0 Å². The molecule has 1 aromatic heterocycles. The Morgan fingerprint density at radius 1 is 1.00 bits per heavy atom. The highest BCUT2D eigenvalue weighted by Crippen LogP contribution is 2.30. The Kier molecular flexibility index (Phi) is 5.32. The van der Waals surface area contributed by atoms with Crippen molar-refractivity contribution in [2.45, 2.75) is 25.6 Å². The lowest BCUT2D eigenvalue weighted by molar-refractivity contribution is -0.137. The first-order valence-electron chi connectivity index (χ1n) is 8.19. The topological polar surface area (TPSA) is 69.6 Å². The number of hydrogen-bond acceptors (Lipinski definition) is 4. The second-order valence-corrected chi connectivity index (χ2v) is 5.88. The average Bonchev–Trinajstić information content (AvgIpc) is 3.09. The number of alkyl halides is 3. The molecular weight excluding hydrogens is 343 g/mol. The van der Waals surface area contributed by atoms with Gasteiger partial charge >= 0.3 is 6.18 Å². The lowest BCUT2D eigenvalue weighted by Crippen LogP contribution is -2.08. The zero-order valence-corrected chi connectivity index (χ0v) is 13.9. The van der Waals surface area contributed by atoms with Gasteiger partial charge in [-0.1, -0.05) is 36.4 Å². The summed E-state index contributed by atoms with van der Waals surface area (Å²) in [5.74, 6) is 0.490. The molecule has 3 aromatic rings. The van der Waals surface area contributed by atoms with Gasteiger partial charge in [-0.15, -0.1) is 10.2 Å². The molecule has 0 spiro atoms. The van der Waals surface area contributed by atoms with Gasteiger partial charge in [-0.2, -0.15) is 18.0 Å². The van der Waals surface area contributed by atoms with E-state index in [2.05, 4.69) is 15.4 Å². The Hall–Kier alpha value is -2.74. The number of rotatable bonds is 6. The molecule has 0 amide bonds. The number of halogens is 3. The molecule has 0 saturated heterocycles. The van der Waals surface area contributed by atoms with Crippen molar-refractivity contribution >= 4 is 0 Å². The van der Waals surface area contributed by atoms with Gasteiger partial charge in [0.2, 0.25) is 5.82 Å². The van der Waals surface area contributed by atoms with E-state index < -0.39 is 11.7 Å². The summed E-state index contributed by atoms with van der Waals surface area (Å²) in [6, 6.07) is 12.7. The van der Waals surface area contributed by atoms with Crippen LogP contribution in [0.3, 0.4) is 0 Å². The first-order valence-corrected chi connectivity index (χ1v) is 8.19.